The molecule has 2 unspecified atom stereocenters. The van der Waals surface area contributed by atoms with Crippen molar-refractivity contribution < 1.29 is 9.15 Å². The highest BCUT2D eigenvalue weighted by molar-refractivity contribution is 14.0. The van der Waals surface area contributed by atoms with Crippen LogP contribution in [0.2, 0.25) is 0 Å². The van der Waals surface area contributed by atoms with Gasteiger partial charge in [-0.15, -0.1) is 24.0 Å². The van der Waals surface area contributed by atoms with E-state index in [1.165, 1.54) is 5.56 Å². The topological polar surface area (TPSA) is 58.8 Å². The second-order valence-corrected chi connectivity index (χ2v) is 7.64. The summed E-state index contributed by atoms with van der Waals surface area (Å²) in [5.74, 6) is 2.79. The fourth-order valence-corrected chi connectivity index (χ4v) is 3.09. The molecule has 2 N–H and O–H groups in total. The number of aliphatic imine (C=N–C) groups is 1. The molecule has 0 saturated heterocycles. The lowest BCUT2D eigenvalue weighted by molar-refractivity contribution is 0.261. The molecular weight excluding hydrogens is 473 g/mol. The van der Waals surface area contributed by atoms with Crippen molar-refractivity contribution in [3.8, 4) is 5.75 Å². The summed E-state index contributed by atoms with van der Waals surface area (Å²) in [6.07, 6.45) is 5.58. The van der Waals surface area contributed by atoms with Crippen molar-refractivity contribution >= 4 is 41.7 Å². The van der Waals surface area contributed by atoms with E-state index in [2.05, 4.69) is 35.9 Å². The van der Waals surface area contributed by atoms with Crippen LogP contribution in [0.4, 0.5) is 0 Å². The number of thioether (sulfide) groups is 1. The molecular formula is C20H28IN3O2S. The maximum atomic E-state index is 5.76. The van der Waals surface area contributed by atoms with E-state index in [1.807, 2.05) is 36.0 Å². The van der Waals surface area contributed by atoms with Crippen LogP contribution in [-0.4, -0.2) is 37.2 Å². The molecule has 0 saturated carbocycles. The lowest BCUT2D eigenvalue weighted by Crippen LogP contribution is -2.42. The molecule has 148 valence electrons. The van der Waals surface area contributed by atoms with Gasteiger partial charge in [0.15, 0.2) is 5.96 Å². The standard InChI is InChI=1S/C20H27N3O2S.HI/c1-15(26-2)14-22-20(21-11-9-16-6-5-12-24-16)23-18-10-13-25-19-8-4-3-7-17(18)19;/h3-8,12,15,18H,9-11,13-14H2,1-2H3,(H2,21,22,23);1H. The van der Waals surface area contributed by atoms with Gasteiger partial charge < -0.3 is 19.8 Å². The summed E-state index contributed by atoms with van der Waals surface area (Å²) in [5.41, 5.74) is 1.19. The second kappa shape index (κ2) is 11.5. The number of halogens is 1. The zero-order valence-electron chi connectivity index (χ0n) is 15.8. The van der Waals surface area contributed by atoms with Crippen molar-refractivity contribution in [2.45, 2.75) is 31.1 Å². The van der Waals surface area contributed by atoms with Gasteiger partial charge in [0, 0.05) is 30.2 Å². The predicted molar refractivity (Wildman–Crippen MR) is 124 cm³/mol. The molecule has 0 aliphatic carbocycles. The first kappa shape index (κ1) is 21.9. The molecule has 0 amide bonds. The summed E-state index contributed by atoms with van der Waals surface area (Å²) in [6, 6.07) is 12.3. The monoisotopic (exact) mass is 501 g/mol. The molecule has 7 heteroatoms. The normalized spacial score (nSPS) is 17.3. The fraction of sp³-hybridized carbons (Fsp3) is 0.450. The molecule has 2 atom stereocenters. The SMILES string of the molecule is CSC(C)CN=C(NCCc1ccco1)NC1CCOc2ccccc21.I. The van der Waals surface area contributed by atoms with E-state index in [4.69, 9.17) is 14.1 Å². The Hall–Kier alpha value is -1.35. The number of rotatable bonds is 7. The summed E-state index contributed by atoms with van der Waals surface area (Å²) in [5, 5.41) is 7.52. The van der Waals surface area contributed by atoms with Gasteiger partial charge in [0.05, 0.1) is 25.5 Å². The third-order valence-corrected chi connectivity index (χ3v) is 5.38. The van der Waals surface area contributed by atoms with E-state index in [0.29, 0.717) is 5.25 Å². The minimum absolute atomic E-state index is 0. The zero-order chi connectivity index (χ0) is 18.2. The van der Waals surface area contributed by atoms with E-state index in [-0.39, 0.29) is 30.0 Å². The number of hydrogen-bond acceptors (Lipinski definition) is 4. The Bertz CT molecular complexity index is 709. The van der Waals surface area contributed by atoms with Gasteiger partial charge in [0.1, 0.15) is 11.5 Å². The third-order valence-electron chi connectivity index (χ3n) is 4.42. The van der Waals surface area contributed by atoms with Crippen molar-refractivity contribution in [1.29, 1.82) is 0 Å². The number of nitrogens with zero attached hydrogens (tertiary/aromatic N) is 1. The summed E-state index contributed by atoms with van der Waals surface area (Å²) >= 11 is 1.83. The lowest BCUT2D eigenvalue weighted by Gasteiger charge is -2.28. The van der Waals surface area contributed by atoms with Crippen LogP contribution in [-0.2, 0) is 6.42 Å². The number of furan rings is 1. The molecule has 0 radical (unpaired) electrons. The zero-order valence-corrected chi connectivity index (χ0v) is 19.0. The highest BCUT2D eigenvalue weighted by Gasteiger charge is 2.22. The van der Waals surface area contributed by atoms with Crippen LogP contribution in [0.3, 0.4) is 0 Å². The molecule has 1 aliphatic rings. The Balaban J connectivity index is 0.00000261. The minimum atomic E-state index is 0. The van der Waals surface area contributed by atoms with Crippen LogP contribution in [0.25, 0.3) is 0 Å². The maximum absolute atomic E-state index is 5.76. The van der Waals surface area contributed by atoms with Crippen LogP contribution in [0.15, 0.2) is 52.1 Å². The molecule has 3 rings (SSSR count). The van der Waals surface area contributed by atoms with Gasteiger partial charge >= 0.3 is 0 Å². The van der Waals surface area contributed by atoms with E-state index < -0.39 is 0 Å². The second-order valence-electron chi connectivity index (χ2n) is 6.36. The van der Waals surface area contributed by atoms with Crippen LogP contribution in [0.5, 0.6) is 5.75 Å². The van der Waals surface area contributed by atoms with Gasteiger partial charge in [-0.1, -0.05) is 25.1 Å². The van der Waals surface area contributed by atoms with Gasteiger partial charge in [-0.3, -0.25) is 4.99 Å². The summed E-state index contributed by atoms with van der Waals surface area (Å²) in [7, 11) is 0. The molecule has 0 bridgehead atoms. The molecule has 27 heavy (non-hydrogen) atoms. The van der Waals surface area contributed by atoms with E-state index in [0.717, 1.165) is 50.0 Å². The highest BCUT2D eigenvalue weighted by atomic mass is 127. The number of fused-ring (bicyclic) bond motifs is 1. The molecule has 1 aromatic carbocycles. The van der Waals surface area contributed by atoms with Crippen LogP contribution in [0.1, 0.15) is 30.7 Å². The molecule has 1 aliphatic heterocycles. The molecule has 2 heterocycles. The number of hydrogen-bond donors (Lipinski definition) is 2. The van der Waals surface area contributed by atoms with Crippen molar-refractivity contribution in [2.24, 2.45) is 4.99 Å². The number of guanidine groups is 1. The van der Waals surface area contributed by atoms with Crippen LogP contribution >= 0.6 is 35.7 Å². The fourth-order valence-electron chi connectivity index (χ4n) is 2.86. The van der Waals surface area contributed by atoms with Gasteiger partial charge in [0.25, 0.3) is 0 Å². The van der Waals surface area contributed by atoms with Crippen LogP contribution in [0, 0.1) is 0 Å². The van der Waals surface area contributed by atoms with E-state index in [9.17, 15) is 0 Å². The smallest absolute Gasteiger partial charge is 0.191 e. The van der Waals surface area contributed by atoms with Crippen molar-refractivity contribution in [3.63, 3.8) is 0 Å². The molecule has 0 fully saturated rings. The first-order valence-electron chi connectivity index (χ1n) is 9.08. The summed E-state index contributed by atoms with van der Waals surface area (Å²) < 4.78 is 11.2. The van der Waals surface area contributed by atoms with Crippen molar-refractivity contribution in [1.82, 2.24) is 10.6 Å². The highest BCUT2D eigenvalue weighted by Crippen LogP contribution is 2.31. The molecule has 1 aromatic heterocycles. The molecule has 2 aromatic rings. The first-order chi connectivity index (χ1) is 12.8. The number of nitrogens with one attached hydrogen (secondary N) is 2. The largest absolute Gasteiger partial charge is 0.493 e. The van der Waals surface area contributed by atoms with Gasteiger partial charge in [-0.2, -0.15) is 11.8 Å². The van der Waals surface area contributed by atoms with Gasteiger partial charge in [-0.05, 0) is 24.5 Å². The van der Waals surface area contributed by atoms with Crippen LogP contribution < -0.4 is 15.4 Å². The van der Waals surface area contributed by atoms with Crippen molar-refractivity contribution in [2.75, 3.05) is 26.0 Å². The molecule has 5 nitrogen and oxygen atoms in total. The summed E-state index contributed by atoms with van der Waals surface area (Å²) in [4.78, 5) is 4.78. The van der Waals surface area contributed by atoms with Gasteiger partial charge in [-0.25, -0.2) is 0 Å². The lowest BCUT2D eigenvalue weighted by atomic mass is 10.0. The average molecular weight is 501 g/mol. The van der Waals surface area contributed by atoms with E-state index in [1.54, 1.807) is 6.26 Å². The maximum Gasteiger partial charge on any atom is 0.191 e. The Morgan fingerprint density at radius 3 is 2.93 bits per heavy atom. The Morgan fingerprint density at radius 1 is 1.30 bits per heavy atom. The number of para-hydroxylation sites is 1. The predicted octanol–water partition coefficient (Wildman–Crippen LogP) is 4.25. The molecule has 0 spiro atoms. The Morgan fingerprint density at radius 2 is 2.15 bits per heavy atom. The summed E-state index contributed by atoms with van der Waals surface area (Å²) in [6.45, 7) is 4.47. The minimum Gasteiger partial charge on any atom is -0.493 e. The third kappa shape index (κ3) is 6.64. The van der Waals surface area contributed by atoms with Crippen molar-refractivity contribution in [3.05, 3.63) is 54.0 Å². The number of benzene rings is 1. The van der Waals surface area contributed by atoms with Gasteiger partial charge in [0.2, 0.25) is 0 Å². The van der Waals surface area contributed by atoms with E-state index >= 15 is 0 Å². The Labute approximate surface area is 182 Å². The quantitative estimate of drug-likeness (QED) is 0.338. The first-order valence-corrected chi connectivity index (χ1v) is 10.4. The average Bonchev–Trinajstić information content (AvgIpc) is 3.19. The Kier molecular flexibility index (Phi) is 9.33. The number of ether oxygens (including phenoxy) is 1.